The summed E-state index contributed by atoms with van der Waals surface area (Å²) >= 11 is 0. The number of hydrogen-bond acceptors (Lipinski definition) is 3. The fourth-order valence-corrected chi connectivity index (χ4v) is 0.838. The van der Waals surface area contributed by atoms with Gasteiger partial charge >= 0.3 is 0 Å². The second-order valence-electron chi connectivity index (χ2n) is 2.62. The summed E-state index contributed by atoms with van der Waals surface area (Å²) in [7, 11) is 0. The third-order valence-corrected chi connectivity index (χ3v) is 1.52. The van der Waals surface area contributed by atoms with Crippen molar-refractivity contribution in [1.29, 1.82) is 0 Å². The minimum atomic E-state index is 0.583. The molecule has 0 radical (unpaired) electrons. The highest BCUT2D eigenvalue weighted by Crippen LogP contribution is 1.94. The van der Waals surface area contributed by atoms with Gasteiger partial charge in [-0.2, -0.15) is 0 Å². The molecule has 0 amide bonds. The van der Waals surface area contributed by atoms with Crippen LogP contribution in [0.4, 0.5) is 0 Å². The Kier molecular flexibility index (Phi) is 4.64. The van der Waals surface area contributed by atoms with Gasteiger partial charge in [0, 0.05) is 0 Å². The first kappa shape index (κ1) is 9.74. The van der Waals surface area contributed by atoms with Crippen LogP contribution in [0, 0.1) is 0 Å². The maximum Gasteiger partial charge on any atom is 0.118 e. The summed E-state index contributed by atoms with van der Waals surface area (Å²) in [4.78, 5) is 4.97. The zero-order valence-corrected chi connectivity index (χ0v) is 7.52. The van der Waals surface area contributed by atoms with Gasteiger partial charge in [0.2, 0.25) is 0 Å². The molecule has 0 unspecified atom stereocenters. The zero-order valence-electron chi connectivity index (χ0n) is 7.52. The lowest BCUT2D eigenvalue weighted by molar-refractivity contribution is 0.145. The van der Waals surface area contributed by atoms with Crippen molar-refractivity contribution in [1.82, 2.24) is 0 Å². The lowest BCUT2D eigenvalue weighted by Gasteiger charge is -1.95. The van der Waals surface area contributed by atoms with Crippen molar-refractivity contribution in [3.8, 4) is 0 Å². The van der Waals surface area contributed by atoms with E-state index in [9.17, 15) is 0 Å². The van der Waals surface area contributed by atoms with Crippen molar-refractivity contribution < 1.29 is 4.84 Å². The fraction of sp³-hybridized carbons (Fsp3) is 0.300. The zero-order chi connectivity index (χ0) is 9.36. The quantitative estimate of drug-likeness (QED) is 0.420. The first-order valence-corrected chi connectivity index (χ1v) is 4.34. The molecule has 0 heterocycles. The minimum absolute atomic E-state index is 0.583. The molecule has 13 heavy (non-hydrogen) atoms. The molecule has 3 heteroatoms. The van der Waals surface area contributed by atoms with Crippen LogP contribution in [0.15, 0.2) is 35.5 Å². The van der Waals surface area contributed by atoms with Gasteiger partial charge in [-0.1, -0.05) is 35.5 Å². The number of nitrogens with two attached hydrogens (primary N) is 1. The van der Waals surface area contributed by atoms with Crippen molar-refractivity contribution in [3.05, 3.63) is 35.9 Å². The van der Waals surface area contributed by atoms with Crippen molar-refractivity contribution in [3.63, 3.8) is 0 Å². The molecule has 1 aromatic rings. The minimum Gasteiger partial charge on any atom is -0.396 e. The molecule has 1 aromatic carbocycles. The van der Waals surface area contributed by atoms with Gasteiger partial charge in [0.15, 0.2) is 0 Å². The van der Waals surface area contributed by atoms with Gasteiger partial charge in [0.1, 0.15) is 6.61 Å². The van der Waals surface area contributed by atoms with Gasteiger partial charge in [-0.3, -0.25) is 0 Å². The van der Waals surface area contributed by atoms with Crippen LogP contribution in [0.25, 0.3) is 0 Å². The highest BCUT2D eigenvalue weighted by Gasteiger charge is 1.84. The molecule has 0 bridgehead atoms. The van der Waals surface area contributed by atoms with Gasteiger partial charge < -0.3 is 10.6 Å². The summed E-state index contributed by atoms with van der Waals surface area (Å²) in [5.74, 6) is 0. The van der Waals surface area contributed by atoms with Crippen LogP contribution in [-0.2, 0) is 4.84 Å². The second-order valence-corrected chi connectivity index (χ2v) is 2.62. The monoisotopic (exact) mass is 178 g/mol. The van der Waals surface area contributed by atoms with E-state index in [-0.39, 0.29) is 0 Å². The van der Waals surface area contributed by atoms with Crippen molar-refractivity contribution in [2.45, 2.75) is 6.42 Å². The molecule has 1 rings (SSSR count). The molecule has 0 aliphatic rings. The molecular formula is C10H14N2O. The summed E-state index contributed by atoms with van der Waals surface area (Å²) in [5.41, 5.74) is 6.33. The van der Waals surface area contributed by atoms with Crippen LogP contribution in [0.3, 0.4) is 0 Å². The van der Waals surface area contributed by atoms with Crippen LogP contribution in [0.5, 0.6) is 0 Å². The van der Waals surface area contributed by atoms with Gasteiger partial charge in [-0.05, 0) is 18.5 Å². The predicted octanol–water partition coefficient (Wildman–Crippen LogP) is 1.39. The van der Waals surface area contributed by atoms with Crippen LogP contribution in [0.1, 0.15) is 12.0 Å². The molecule has 0 atom stereocenters. The van der Waals surface area contributed by atoms with Crippen LogP contribution in [-0.4, -0.2) is 19.4 Å². The molecule has 70 valence electrons. The number of oxime groups is 1. The van der Waals surface area contributed by atoms with Gasteiger partial charge in [0.05, 0.1) is 6.21 Å². The Labute approximate surface area is 78.2 Å². The third-order valence-electron chi connectivity index (χ3n) is 1.52. The molecule has 0 aliphatic carbocycles. The van der Waals surface area contributed by atoms with Crippen molar-refractivity contribution in [2.75, 3.05) is 13.2 Å². The SMILES string of the molecule is NCCCON=Cc1ccccc1. The number of rotatable bonds is 5. The Bertz CT molecular complexity index is 246. The molecule has 0 spiro atoms. The Hall–Kier alpha value is -1.35. The van der Waals surface area contributed by atoms with Crippen molar-refractivity contribution >= 4 is 6.21 Å². The van der Waals surface area contributed by atoms with E-state index in [2.05, 4.69) is 5.16 Å². The van der Waals surface area contributed by atoms with E-state index < -0.39 is 0 Å². The lowest BCUT2D eigenvalue weighted by atomic mass is 10.2. The molecule has 3 nitrogen and oxygen atoms in total. The highest BCUT2D eigenvalue weighted by atomic mass is 16.6. The third kappa shape index (κ3) is 4.28. The normalized spacial score (nSPS) is 10.5. The Morgan fingerprint density at radius 3 is 2.77 bits per heavy atom. The molecule has 0 fully saturated rings. The van der Waals surface area contributed by atoms with Gasteiger partial charge in [-0.15, -0.1) is 0 Å². The Balaban J connectivity index is 2.25. The highest BCUT2D eigenvalue weighted by molar-refractivity contribution is 5.78. The van der Waals surface area contributed by atoms with E-state index in [0.29, 0.717) is 13.2 Å². The summed E-state index contributed by atoms with van der Waals surface area (Å²) < 4.78 is 0. The second kappa shape index (κ2) is 6.20. The van der Waals surface area contributed by atoms with Gasteiger partial charge in [-0.25, -0.2) is 0 Å². The van der Waals surface area contributed by atoms with E-state index in [4.69, 9.17) is 10.6 Å². The maximum atomic E-state index is 5.29. The summed E-state index contributed by atoms with van der Waals surface area (Å²) in [6.45, 7) is 1.22. The maximum absolute atomic E-state index is 5.29. The molecule has 0 saturated heterocycles. The summed E-state index contributed by atoms with van der Waals surface area (Å²) in [5, 5.41) is 3.80. The fourth-order valence-electron chi connectivity index (χ4n) is 0.838. The van der Waals surface area contributed by atoms with Crippen molar-refractivity contribution in [2.24, 2.45) is 10.9 Å². The Morgan fingerprint density at radius 2 is 2.08 bits per heavy atom. The topological polar surface area (TPSA) is 47.6 Å². The molecule has 0 aliphatic heterocycles. The van der Waals surface area contributed by atoms with Crippen LogP contribution < -0.4 is 5.73 Å². The molecule has 0 aromatic heterocycles. The number of hydrogen-bond donors (Lipinski definition) is 1. The Morgan fingerprint density at radius 1 is 1.31 bits per heavy atom. The van der Waals surface area contributed by atoms with E-state index in [1.807, 2.05) is 30.3 Å². The van der Waals surface area contributed by atoms with E-state index in [0.717, 1.165) is 12.0 Å². The smallest absolute Gasteiger partial charge is 0.118 e. The molecule has 0 saturated carbocycles. The van der Waals surface area contributed by atoms with Crippen LogP contribution in [0.2, 0.25) is 0 Å². The molecular weight excluding hydrogens is 164 g/mol. The first-order chi connectivity index (χ1) is 6.43. The number of benzene rings is 1. The number of nitrogens with zero attached hydrogens (tertiary/aromatic N) is 1. The summed E-state index contributed by atoms with van der Waals surface area (Å²) in [6, 6.07) is 9.82. The standard InChI is InChI=1S/C10H14N2O/c11-7-4-8-13-12-9-10-5-2-1-3-6-10/h1-3,5-6,9H,4,7-8,11H2. The van der Waals surface area contributed by atoms with E-state index in [1.54, 1.807) is 6.21 Å². The lowest BCUT2D eigenvalue weighted by Crippen LogP contribution is -2.02. The van der Waals surface area contributed by atoms with Gasteiger partial charge in [0.25, 0.3) is 0 Å². The first-order valence-electron chi connectivity index (χ1n) is 4.34. The average molecular weight is 178 g/mol. The van der Waals surface area contributed by atoms with Crippen LogP contribution >= 0.6 is 0 Å². The molecule has 2 N–H and O–H groups in total. The van der Waals surface area contributed by atoms with E-state index >= 15 is 0 Å². The summed E-state index contributed by atoms with van der Waals surface area (Å²) in [6.07, 6.45) is 2.53. The largest absolute Gasteiger partial charge is 0.396 e. The van der Waals surface area contributed by atoms with E-state index in [1.165, 1.54) is 0 Å². The predicted molar refractivity (Wildman–Crippen MR) is 53.7 cm³/mol. The average Bonchev–Trinajstić information content (AvgIpc) is 2.19.